The monoisotopic (exact) mass is 569 g/mol. The summed E-state index contributed by atoms with van der Waals surface area (Å²) in [6, 6.07) is 13.4. The number of esters is 2. The summed E-state index contributed by atoms with van der Waals surface area (Å²) in [5, 5.41) is 0. The largest absolute Gasteiger partial charge is 0.469 e. The fraction of sp³-hybridized carbons (Fsp3) is 0.481. The highest BCUT2D eigenvalue weighted by molar-refractivity contribution is 7.91. The van der Waals surface area contributed by atoms with E-state index >= 15 is 0 Å². The van der Waals surface area contributed by atoms with Crippen molar-refractivity contribution in [3.63, 3.8) is 0 Å². The molecule has 9 nitrogen and oxygen atoms in total. The van der Waals surface area contributed by atoms with Crippen molar-refractivity contribution in [1.82, 2.24) is 4.31 Å². The molecule has 0 saturated carbocycles. The first-order valence-electron chi connectivity index (χ1n) is 11.9. The van der Waals surface area contributed by atoms with Crippen LogP contribution in [0.3, 0.4) is 0 Å². The Bertz CT molecular complexity index is 1350. The normalized spacial score (nSPS) is 12.4. The summed E-state index contributed by atoms with van der Waals surface area (Å²) in [4.78, 5) is 23.9. The Morgan fingerprint density at radius 2 is 1.18 bits per heavy atom. The van der Waals surface area contributed by atoms with Crippen molar-refractivity contribution in [2.75, 3.05) is 26.5 Å². The minimum Gasteiger partial charge on any atom is -0.469 e. The molecule has 0 aliphatic heterocycles. The predicted octanol–water partition coefficient (Wildman–Crippen LogP) is 3.93. The van der Waals surface area contributed by atoms with E-state index < -0.39 is 42.8 Å². The Hall–Kier alpha value is -2.76. The quantitative estimate of drug-likeness (QED) is 0.416. The molecule has 38 heavy (non-hydrogen) atoms. The lowest BCUT2D eigenvalue weighted by Crippen LogP contribution is -2.53. The molecule has 2 aromatic carbocycles. The number of rotatable bonds is 9. The van der Waals surface area contributed by atoms with Crippen LogP contribution in [0.5, 0.6) is 0 Å². The van der Waals surface area contributed by atoms with Gasteiger partial charge in [-0.1, -0.05) is 43.3 Å². The maximum Gasteiger partial charge on any atom is 0.326 e. The van der Waals surface area contributed by atoms with E-state index in [1.54, 1.807) is 83.1 Å². The first-order valence-corrected chi connectivity index (χ1v) is 15.0. The number of hydrogen-bond donors (Lipinski definition) is 0. The summed E-state index contributed by atoms with van der Waals surface area (Å²) in [6.07, 6.45) is 0. The zero-order chi connectivity index (χ0) is 29.5. The number of carbonyl (C=O) groups is 2. The molecule has 0 heterocycles. The summed E-state index contributed by atoms with van der Waals surface area (Å²) >= 11 is 0. The van der Waals surface area contributed by atoms with Crippen molar-refractivity contribution in [1.29, 1.82) is 0 Å². The topological polar surface area (TPSA) is 124 Å². The number of nitrogens with zero attached hydrogens (tertiary/aromatic N) is 1. The second-order valence-corrected chi connectivity index (χ2v) is 13.7. The Morgan fingerprint density at radius 3 is 1.58 bits per heavy atom. The molecule has 0 radical (unpaired) electrons. The van der Waals surface area contributed by atoms with E-state index in [9.17, 15) is 26.4 Å². The van der Waals surface area contributed by atoms with E-state index in [1.165, 1.54) is 28.1 Å². The summed E-state index contributed by atoms with van der Waals surface area (Å²) in [6.45, 7) is 11.5. The van der Waals surface area contributed by atoms with Gasteiger partial charge in [0.1, 0.15) is 5.54 Å². The summed E-state index contributed by atoms with van der Waals surface area (Å²) in [5.74, 6) is -1.38. The van der Waals surface area contributed by atoms with Crippen molar-refractivity contribution in [3.05, 3.63) is 59.7 Å². The fourth-order valence-electron chi connectivity index (χ4n) is 3.98. The Kier molecular flexibility index (Phi) is 11.3. The molecular weight excluding hydrogens is 530 g/mol. The first-order chi connectivity index (χ1) is 17.4. The van der Waals surface area contributed by atoms with Gasteiger partial charge in [0.15, 0.2) is 9.84 Å². The molecule has 0 aromatic heterocycles. The Morgan fingerprint density at radius 1 is 0.763 bits per heavy atom. The molecular formula is C27H39NO8S2. The first kappa shape index (κ1) is 33.3. The van der Waals surface area contributed by atoms with Gasteiger partial charge in [-0.3, -0.25) is 9.59 Å². The number of carbonyl (C=O) groups excluding carboxylic acids is 2. The highest BCUT2D eigenvalue weighted by Crippen LogP contribution is 2.28. The van der Waals surface area contributed by atoms with Gasteiger partial charge < -0.3 is 9.47 Å². The van der Waals surface area contributed by atoms with E-state index in [0.717, 1.165) is 4.31 Å². The molecule has 0 aliphatic rings. The van der Waals surface area contributed by atoms with Gasteiger partial charge in [0.25, 0.3) is 0 Å². The van der Waals surface area contributed by atoms with Crippen LogP contribution in [0.2, 0.25) is 0 Å². The molecule has 0 bridgehead atoms. The number of ether oxygens (including phenoxy) is 2. The van der Waals surface area contributed by atoms with Crippen LogP contribution in [0.15, 0.2) is 58.3 Å². The molecule has 0 amide bonds. The van der Waals surface area contributed by atoms with Crippen LogP contribution >= 0.6 is 0 Å². The number of sulfone groups is 1. The number of likely N-dealkylation sites (N-methyl/N-ethyl adjacent to an activating group) is 1. The van der Waals surface area contributed by atoms with Crippen molar-refractivity contribution in [2.24, 2.45) is 5.41 Å². The smallest absolute Gasteiger partial charge is 0.326 e. The predicted molar refractivity (Wildman–Crippen MR) is 146 cm³/mol. The number of sulfonamides is 1. The highest BCUT2D eigenvalue weighted by atomic mass is 32.2. The van der Waals surface area contributed by atoms with Gasteiger partial charge in [0.05, 0.1) is 35.2 Å². The minimum absolute atomic E-state index is 0.179. The lowest BCUT2D eigenvalue weighted by atomic mass is 9.97. The maximum absolute atomic E-state index is 12.8. The standard InChI is InChI=1S/C14H21NO4S.C13H18O4S/c1-6-15(14(3,4)13(16)19-5)20(17,18)12-10-8-7-9-11(12)2;1-10-7-5-6-8-11(10)18(15,16)9-13(2,3)12(14)17-4/h7-10H,6H2,1-5H3;5-8H,9H2,1-4H3. The fourth-order valence-corrected chi connectivity index (χ4v) is 8.02. The van der Waals surface area contributed by atoms with E-state index in [2.05, 4.69) is 4.74 Å². The van der Waals surface area contributed by atoms with Gasteiger partial charge in [0, 0.05) is 6.54 Å². The van der Waals surface area contributed by atoms with Crippen LogP contribution in [-0.4, -0.2) is 65.1 Å². The van der Waals surface area contributed by atoms with E-state index in [4.69, 9.17) is 4.74 Å². The van der Waals surface area contributed by atoms with Gasteiger partial charge in [0.2, 0.25) is 10.0 Å². The average Bonchev–Trinajstić information content (AvgIpc) is 2.83. The second kappa shape index (κ2) is 12.9. The molecule has 0 unspecified atom stereocenters. The zero-order valence-electron chi connectivity index (χ0n) is 23.6. The average molecular weight is 570 g/mol. The lowest BCUT2D eigenvalue weighted by Gasteiger charge is -2.34. The van der Waals surface area contributed by atoms with Gasteiger partial charge in [-0.15, -0.1) is 0 Å². The maximum atomic E-state index is 12.8. The number of methoxy groups -OCH3 is 2. The molecule has 0 saturated heterocycles. The van der Waals surface area contributed by atoms with Gasteiger partial charge in [-0.05, 0) is 64.8 Å². The van der Waals surface area contributed by atoms with Gasteiger partial charge in [-0.25, -0.2) is 16.8 Å². The molecule has 11 heteroatoms. The summed E-state index contributed by atoms with van der Waals surface area (Å²) < 4.78 is 60.6. The zero-order valence-corrected chi connectivity index (χ0v) is 25.2. The van der Waals surface area contributed by atoms with Crippen molar-refractivity contribution in [2.45, 2.75) is 63.8 Å². The van der Waals surface area contributed by atoms with Crippen LogP contribution < -0.4 is 0 Å². The minimum atomic E-state index is -3.76. The Balaban J connectivity index is 0.000000382. The van der Waals surface area contributed by atoms with Crippen LogP contribution in [0.25, 0.3) is 0 Å². The van der Waals surface area contributed by atoms with Crippen LogP contribution in [0, 0.1) is 19.3 Å². The highest BCUT2D eigenvalue weighted by Gasteiger charge is 2.43. The molecule has 212 valence electrons. The second-order valence-electron chi connectivity index (χ2n) is 9.89. The van der Waals surface area contributed by atoms with Crippen LogP contribution in [-0.2, 0) is 38.9 Å². The van der Waals surface area contributed by atoms with Crippen molar-refractivity contribution in [3.8, 4) is 0 Å². The summed E-state index contributed by atoms with van der Waals surface area (Å²) in [5.41, 5.74) is -0.995. The van der Waals surface area contributed by atoms with E-state index in [0.29, 0.717) is 11.1 Å². The third kappa shape index (κ3) is 7.64. The summed E-state index contributed by atoms with van der Waals surface area (Å²) in [7, 11) is -4.76. The number of aryl methyl sites for hydroxylation is 2. The third-order valence-corrected chi connectivity index (χ3v) is 10.5. The Labute approximate surface area is 227 Å². The van der Waals surface area contributed by atoms with E-state index in [-0.39, 0.29) is 22.1 Å². The van der Waals surface area contributed by atoms with Crippen LogP contribution in [0.4, 0.5) is 0 Å². The van der Waals surface area contributed by atoms with Crippen molar-refractivity contribution >= 4 is 31.8 Å². The molecule has 0 aliphatic carbocycles. The lowest BCUT2D eigenvalue weighted by molar-refractivity contribution is -0.150. The molecule has 2 aromatic rings. The van der Waals surface area contributed by atoms with Crippen LogP contribution in [0.1, 0.15) is 45.7 Å². The number of hydrogen-bond acceptors (Lipinski definition) is 8. The molecule has 0 fully saturated rings. The van der Waals surface area contributed by atoms with Crippen molar-refractivity contribution < 1.29 is 35.9 Å². The number of benzene rings is 2. The van der Waals surface area contributed by atoms with Gasteiger partial charge in [-0.2, -0.15) is 4.31 Å². The molecule has 0 spiro atoms. The van der Waals surface area contributed by atoms with Gasteiger partial charge >= 0.3 is 11.9 Å². The van der Waals surface area contributed by atoms with E-state index in [1.807, 2.05) is 0 Å². The molecule has 0 atom stereocenters. The SMILES string of the molecule is CCN(C(C)(C)C(=O)OC)S(=O)(=O)c1ccccc1C.COC(=O)C(C)(C)CS(=O)(=O)c1ccccc1C. The molecule has 2 rings (SSSR count). The third-order valence-electron chi connectivity index (χ3n) is 5.97. The molecule has 0 N–H and O–H groups in total.